The summed E-state index contributed by atoms with van der Waals surface area (Å²) < 4.78 is 43.6. The molecule has 0 aromatic heterocycles. The average Bonchev–Trinajstić information content (AvgIpc) is 2.44. The molecule has 0 aliphatic rings. The molecule has 0 bridgehead atoms. The van der Waals surface area contributed by atoms with Gasteiger partial charge in [0.25, 0.3) is 0 Å². The third kappa shape index (κ3) is 3.28. The highest BCUT2D eigenvalue weighted by Gasteiger charge is 2.21. The maximum Gasteiger partial charge on any atom is 0.184 e. The van der Waals surface area contributed by atoms with Crippen molar-refractivity contribution in [3.63, 3.8) is 0 Å². The monoisotopic (exact) mass is 329 g/mol. The fourth-order valence-corrected chi connectivity index (χ4v) is 3.56. The second-order valence-electron chi connectivity index (χ2n) is 4.38. The Balaban J connectivity index is 2.46. The molecular formula is C14H13ClFNO3S. The van der Waals surface area contributed by atoms with Gasteiger partial charge in [-0.1, -0.05) is 23.7 Å². The summed E-state index contributed by atoms with van der Waals surface area (Å²) in [5.74, 6) is -0.921. The zero-order valence-corrected chi connectivity index (χ0v) is 12.7. The van der Waals surface area contributed by atoms with Gasteiger partial charge < -0.3 is 10.5 Å². The van der Waals surface area contributed by atoms with E-state index in [9.17, 15) is 12.8 Å². The van der Waals surface area contributed by atoms with Crippen LogP contribution in [0.1, 0.15) is 5.56 Å². The first-order chi connectivity index (χ1) is 9.85. The van der Waals surface area contributed by atoms with Gasteiger partial charge in [-0.15, -0.1) is 0 Å². The van der Waals surface area contributed by atoms with Gasteiger partial charge in [0.1, 0.15) is 11.6 Å². The second kappa shape index (κ2) is 5.91. The van der Waals surface area contributed by atoms with Crippen LogP contribution in [-0.2, 0) is 15.6 Å². The fraction of sp³-hybridized carbons (Fsp3) is 0.143. The first kappa shape index (κ1) is 15.6. The van der Waals surface area contributed by atoms with Gasteiger partial charge >= 0.3 is 0 Å². The highest BCUT2D eigenvalue weighted by atomic mass is 35.5. The molecule has 0 saturated heterocycles. The number of anilines is 1. The summed E-state index contributed by atoms with van der Waals surface area (Å²) >= 11 is 5.65. The molecule has 2 rings (SSSR count). The summed E-state index contributed by atoms with van der Waals surface area (Å²) in [6, 6.07) is 8.51. The molecule has 0 atom stereocenters. The summed E-state index contributed by atoms with van der Waals surface area (Å²) in [5.41, 5.74) is 5.77. The van der Waals surface area contributed by atoms with Crippen LogP contribution in [-0.4, -0.2) is 15.5 Å². The van der Waals surface area contributed by atoms with Crippen molar-refractivity contribution >= 4 is 27.1 Å². The van der Waals surface area contributed by atoms with E-state index in [1.165, 1.54) is 37.4 Å². The molecule has 2 aromatic carbocycles. The zero-order chi connectivity index (χ0) is 15.6. The highest BCUT2D eigenvalue weighted by molar-refractivity contribution is 7.90. The van der Waals surface area contributed by atoms with Crippen molar-refractivity contribution in [2.45, 2.75) is 10.6 Å². The van der Waals surface area contributed by atoms with Crippen molar-refractivity contribution in [2.24, 2.45) is 0 Å². The van der Waals surface area contributed by atoms with E-state index in [4.69, 9.17) is 22.1 Å². The molecule has 0 fully saturated rings. The molecule has 0 unspecified atom stereocenters. The van der Waals surface area contributed by atoms with Gasteiger partial charge in [-0.2, -0.15) is 0 Å². The van der Waals surface area contributed by atoms with Gasteiger partial charge in [0, 0.05) is 11.6 Å². The molecule has 0 heterocycles. The van der Waals surface area contributed by atoms with Crippen LogP contribution in [0.15, 0.2) is 41.3 Å². The van der Waals surface area contributed by atoms with Gasteiger partial charge in [-0.05, 0) is 18.2 Å². The standard InChI is InChI=1S/C14H13ClFNO3S/c1-20-10-5-6-12(17)13(7-10)21(18,19)8-9-3-2-4-11(15)14(9)16/h2-7H,8,17H2,1H3. The lowest BCUT2D eigenvalue weighted by Crippen LogP contribution is -2.09. The SMILES string of the molecule is COc1ccc(N)c(S(=O)(=O)Cc2cccc(Cl)c2F)c1. The fourth-order valence-electron chi connectivity index (χ4n) is 1.85. The molecule has 0 aliphatic heterocycles. The zero-order valence-electron chi connectivity index (χ0n) is 11.1. The molecule has 2 N–H and O–H groups in total. The van der Waals surface area contributed by atoms with Crippen LogP contribution in [0.25, 0.3) is 0 Å². The molecule has 2 aromatic rings. The number of rotatable bonds is 4. The van der Waals surface area contributed by atoms with E-state index in [0.29, 0.717) is 5.75 Å². The number of hydrogen-bond acceptors (Lipinski definition) is 4. The van der Waals surface area contributed by atoms with Crippen LogP contribution < -0.4 is 10.5 Å². The minimum absolute atomic E-state index is 0.00952. The van der Waals surface area contributed by atoms with Gasteiger partial charge in [0.2, 0.25) is 0 Å². The quantitative estimate of drug-likeness (QED) is 0.875. The van der Waals surface area contributed by atoms with E-state index in [-0.39, 0.29) is 21.2 Å². The Morgan fingerprint density at radius 1 is 1.29 bits per heavy atom. The summed E-state index contributed by atoms with van der Waals surface area (Å²) in [7, 11) is -2.40. The second-order valence-corrected chi connectivity index (χ2v) is 6.74. The molecule has 0 spiro atoms. The number of nitrogens with two attached hydrogens (primary N) is 1. The minimum Gasteiger partial charge on any atom is -0.497 e. The summed E-state index contributed by atoms with van der Waals surface area (Å²) in [6.45, 7) is 0. The van der Waals surface area contributed by atoms with Crippen LogP contribution in [0.2, 0.25) is 5.02 Å². The molecule has 4 nitrogen and oxygen atoms in total. The largest absolute Gasteiger partial charge is 0.497 e. The summed E-state index contributed by atoms with van der Waals surface area (Å²) in [6.07, 6.45) is 0. The lowest BCUT2D eigenvalue weighted by atomic mass is 10.2. The van der Waals surface area contributed by atoms with Crippen molar-refractivity contribution in [3.8, 4) is 5.75 Å². The van der Waals surface area contributed by atoms with Gasteiger partial charge in [0.15, 0.2) is 9.84 Å². The first-order valence-electron chi connectivity index (χ1n) is 5.94. The predicted molar refractivity (Wildman–Crippen MR) is 79.7 cm³/mol. The Morgan fingerprint density at radius 3 is 2.67 bits per heavy atom. The molecule has 0 saturated carbocycles. The van der Waals surface area contributed by atoms with Gasteiger partial charge in [-0.25, -0.2) is 12.8 Å². The Hall–Kier alpha value is -1.79. The molecule has 0 radical (unpaired) electrons. The number of halogens is 2. The van der Waals surface area contributed by atoms with Crippen LogP contribution >= 0.6 is 11.6 Å². The molecular weight excluding hydrogens is 317 g/mol. The third-order valence-electron chi connectivity index (χ3n) is 2.93. The van der Waals surface area contributed by atoms with E-state index >= 15 is 0 Å². The van der Waals surface area contributed by atoms with Crippen LogP contribution in [0.5, 0.6) is 5.75 Å². The van der Waals surface area contributed by atoms with Crippen LogP contribution in [0, 0.1) is 5.82 Å². The molecule has 0 aliphatic carbocycles. The first-order valence-corrected chi connectivity index (χ1v) is 7.97. The Kier molecular flexibility index (Phi) is 4.39. The van der Waals surface area contributed by atoms with Crippen molar-refractivity contribution in [3.05, 3.63) is 52.8 Å². The number of hydrogen-bond donors (Lipinski definition) is 1. The highest BCUT2D eigenvalue weighted by Crippen LogP contribution is 2.28. The smallest absolute Gasteiger partial charge is 0.184 e. The Bertz CT molecular complexity index is 778. The summed E-state index contributed by atoms with van der Waals surface area (Å²) in [4.78, 5) is -0.0961. The normalized spacial score (nSPS) is 11.4. The van der Waals surface area contributed by atoms with Crippen molar-refractivity contribution in [1.29, 1.82) is 0 Å². The van der Waals surface area contributed by atoms with E-state index in [2.05, 4.69) is 0 Å². The molecule has 112 valence electrons. The van der Waals surface area contributed by atoms with E-state index < -0.39 is 21.4 Å². The van der Waals surface area contributed by atoms with Crippen LogP contribution in [0.4, 0.5) is 10.1 Å². The maximum absolute atomic E-state index is 13.8. The average molecular weight is 330 g/mol. The van der Waals surface area contributed by atoms with Crippen molar-refractivity contribution < 1.29 is 17.5 Å². The minimum atomic E-state index is -3.82. The van der Waals surface area contributed by atoms with Gasteiger partial charge in [-0.3, -0.25) is 0 Å². The number of sulfone groups is 1. The lowest BCUT2D eigenvalue weighted by Gasteiger charge is -2.10. The van der Waals surface area contributed by atoms with Gasteiger partial charge in [0.05, 0.1) is 28.5 Å². The number of nitrogen functional groups attached to an aromatic ring is 1. The van der Waals surface area contributed by atoms with E-state index in [0.717, 1.165) is 0 Å². The molecule has 0 amide bonds. The van der Waals surface area contributed by atoms with Crippen molar-refractivity contribution in [1.82, 2.24) is 0 Å². The maximum atomic E-state index is 13.8. The van der Waals surface area contributed by atoms with E-state index in [1.54, 1.807) is 6.07 Å². The molecule has 21 heavy (non-hydrogen) atoms. The van der Waals surface area contributed by atoms with Crippen molar-refractivity contribution in [2.75, 3.05) is 12.8 Å². The molecule has 7 heteroatoms. The number of benzene rings is 2. The topological polar surface area (TPSA) is 69.4 Å². The third-order valence-corrected chi connectivity index (χ3v) is 4.94. The lowest BCUT2D eigenvalue weighted by molar-refractivity contribution is 0.413. The summed E-state index contributed by atoms with van der Waals surface area (Å²) in [5, 5.41) is -0.124. The number of ether oxygens (including phenoxy) is 1. The van der Waals surface area contributed by atoms with Crippen LogP contribution in [0.3, 0.4) is 0 Å². The van der Waals surface area contributed by atoms with E-state index in [1.807, 2.05) is 0 Å². The predicted octanol–water partition coefficient (Wildman–Crippen LogP) is 3.04. The Labute approximate surface area is 127 Å². The Morgan fingerprint density at radius 2 is 2.00 bits per heavy atom. The number of methoxy groups -OCH3 is 1.